The SMILES string of the molecule is [CH]=C(Br)CC. The Morgan fingerprint density at radius 2 is 2.20 bits per heavy atom. The van der Waals surface area contributed by atoms with Crippen molar-refractivity contribution in [2.75, 3.05) is 0 Å². The van der Waals surface area contributed by atoms with Gasteiger partial charge >= 0.3 is 0 Å². The third kappa shape index (κ3) is 4.22. The maximum atomic E-state index is 5.12. The lowest BCUT2D eigenvalue weighted by Gasteiger charge is -1.76. The Morgan fingerprint density at radius 1 is 2.00 bits per heavy atom. The van der Waals surface area contributed by atoms with Gasteiger partial charge in [-0.2, -0.15) is 0 Å². The molecule has 0 spiro atoms. The van der Waals surface area contributed by atoms with Gasteiger partial charge in [0.1, 0.15) is 0 Å². The Kier molecular flexibility index (Phi) is 2.57. The first-order valence-corrected chi connectivity index (χ1v) is 2.33. The Balaban J connectivity index is 2.85. The van der Waals surface area contributed by atoms with E-state index in [1.807, 2.05) is 6.92 Å². The molecule has 0 amide bonds. The van der Waals surface area contributed by atoms with Crippen molar-refractivity contribution in [3.63, 3.8) is 0 Å². The summed E-state index contributed by atoms with van der Waals surface area (Å²) in [6.07, 6.45) is 0.917. The predicted octanol–water partition coefficient (Wildman–Crippen LogP) is 2.11. The summed E-state index contributed by atoms with van der Waals surface area (Å²) in [5.74, 6) is 0. The molecule has 0 atom stereocenters. The summed E-state index contributed by atoms with van der Waals surface area (Å²) in [6.45, 7) is 7.12. The maximum absolute atomic E-state index is 5.12. The molecule has 0 aliphatic rings. The van der Waals surface area contributed by atoms with E-state index in [1.54, 1.807) is 0 Å². The van der Waals surface area contributed by atoms with Gasteiger partial charge in [0, 0.05) is 0 Å². The van der Waals surface area contributed by atoms with Crippen LogP contribution in [-0.4, -0.2) is 0 Å². The maximum Gasteiger partial charge on any atom is -0.00518 e. The Morgan fingerprint density at radius 3 is 2.20 bits per heavy atom. The van der Waals surface area contributed by atoms with E-state index in [9.17, 15) is 0 Å². The van der Waals surface area contributed by atoms with Crippen LogP contribution in [-0.2, 0) is 0 Å². The average Bonchev–Trinajstić information content (AvgIpc) is 1.38. The van der Waals surface area contributed by atoms with Crippen LogP contribution in [0.15, 0.2) is 4.48 Å². The van der Waals surface area contributed by atoms with E-state index in [2.05, 4.69) is 15.9 Å². The van der Waals surface area contributed by atoms with Gasteiger partial charge in [-0.1, -0.05) is 29.4 Å². The van der Waals surface area contributed by atoms with E-state index in [4.69, 9.17) is 6.58 Å². The zero-order chi connectivity index (χ0) is 4.28. The molecule has 5 heavy (non-hydrogen) atoms. The van der Waals surface area contributed by atoms with E-state index in [0.717, 1.165) is 10.9 Å². The van der Waals surface area contributed by atoms with Crippen molar-refractivity contribution in [1.29, 1.82) is 0 Å². The largest absolute Gasteiger partial charge is 0.0608 e. The molecular weight excluding hydrogens is 128 g/mol. The first kappa shape index (κ1) is 5.22. The fraction of sp³-hybridized carbons (Fsp3) is 0.500. The highest BCUT2D eigenvalue weighted by Gasteiger charge is 1.71. The van der Waals surface area contributed by atoms with Crippen LogP contribution in [0.25, 0.3) is 0 Å². The molecule has 0 aromatic heterocycles. The smallest absolute Gasteiger partial charge is 0.00518 e. The molecule has 0 rings (SSSR count). The molecule has 0 aromatic carbocycles. The molecule has 0 aliphatic carbocycles. The van der Waals surface area contributed by atoms with Crippen molar-refractivity contribution in [2.24, 2.45) is 0 Å². The van der Waals surface area contributed by atoms with Gasteiger partial charge in [0.25, 0.3) is 0 Å². The first-order valence-electron chi connectivity index (χ1n) is 1.54. The fourth-order valence-corrected chi connectivity index (χ4v) is 0. The number of rotatable bonds is 1. The highest BCUT2D eigenvalue weighted by atomic mass is 79.9. The second-order valence-electron chi connectivity index (χ2n) is 0.800. The molecule has 0 saturated heterocycles. The van der Waals surface area contributed by atoms with Crippen LogP contribution in [0.5, 0.6) is 0 Å². The van der Waals surface area contributed by atoms with Crippen LogP contribution < -0.4 is 0 Å². The molecule has 1 heteroatoms. The number of hydrogen-bond donors (Lipinski definition) is 0. The Hall–Kier alpha value is 0.220. The minimum Gasteiger partial charge on any atom is -0.0608 e. The van der Waals surface area contributed by atoms with Crippen LogP contribution in [0, 0.1) is 6.58 Å². The highest BCUT2D eigenvalue weighted by Crippen LogP contribution is 2.02. The number of allylic oxidation sites excluding steroid dienone is 1. The highest BCUT2D eigenvalue weighted by molar-refractivity contribution is 9.11. The summed E-state index contributed by atoms with van der Waals surface area (Å²) in [5.41, 5.74) is 0. The van der Waals surface area contributed by atoms with Gasteiger partial charge in [0.15, 0.2) is 0 Å². The molecule has 0 fully saturated rings. The van der Waals surface area contributed by atoms with Crippen LogP contribution in [0.1, 0.15) is 13.3 Å². The minimum absolute atomic E-state index is 0.817. The molecule has 29 valence electrons. The number of halogens is 1. The van der Waals surface area contributed by atoms with Crippen LogP contribution in [0.2, 0.25) is 0 Å². The van der Waals surface area contributed by atoms with Gasteiger partial charge in [-0.15, -0.1) is 0 Å². The second kappa shape index (κ2) is 2.46. The lowest BCUT2D eigenvalue weighted by atomic mass is 10.5. The Bertz CT molecular complexity index is 38.9. The topological polar surface area (TPSA) is 0 Å². The van der Waals surface area contributed by atoms with Crippen molar-refractivity contribution < 1.29 is 0 Å². The van der Waals surface area contributed by atoms with E-state index >= 15 is 0 Å². The van der Waals surface area contributed by atoms with Crippen molar-refractivity contribution in [2.45, 2.75) is 13.3 Å². The molecule has 0 heterocycles. The summed E-state index contributed by atoms with van der Waals surface area (Å²) in [6, 6.07) is 0. The second-order valence-corrected chi connectivity index (χ2v) is 1.82. The van der Waals surface area contributed by atoms with Crippen LogP contribution in [0.3, 0.4) is 0 Å². The summed E-state index contributed by atoms with van der Waals surface area (Å²) < 4.78 is 0.817. The van der Waals surface area contributed by atoms with Crippen LogP contribution >= 0.6 is 15.9 Å². The van der Waals surface area contributed by atoms with Gasteiger partial charge in [-0.25, -0.2) is 0 Å². The zero-order valence-corrected chi connectivity index (χ0v) is 4.75. The van der Waals surface area contributed by atoms with Crippen molar-refractivity contribution in [3.8, 4) is 0 Å². The van der Waals surface area contributed by atoms with Gasteiger partial charge in [-0.05, 0) is 10.9 Å². The van der Waals surface area contributed by atoms with E-state index in [0.29, 0.717) is 0 Å². The Labute approximate surface area is 41.0 Å². The summed E-state index contributed by atoms with van der Waals surface area (Å²) in [5, 5.41) is 0. The summed E-state index contributed by atoms with van der Waals surface area (Å²) in [7, 11) is 0. The lowest BCUT2D eigenvalue weighted by Crippen LogP contribution is -1.52. The van der Waals surface area contributed by atoms with E-state index in [-0.39, 0.29) is 0 Å². The van der Waals surface area contributed by atoms with Crippen molar-refractivity contribution in [1.82, 2.24) is 0 Å². The van der Waals surface area contributed by atoms with Crippen molar-refractivity contribution >= 4 is 15.9 Å². The van der Waals surface area contributed by atoms with E-state index in [1.165, 1.54) is 0 Å². The summed E-state index contributed by atoms with van der Waals surface area (Å²) in [4.78, 5) is 0. The molecule has 0 nitrogen and oxygen atoms in total. The molecule has 0 saturated carbocycles. The lowest BCUT2D eigenvalue weighted by molar-refractivity contribution is 1.21. The quantitative estimate of drug-likeness (QED) is 0.515. The zero-order valence-electron chi connectivity index (χ0n) is 3.16. The third-order valence-corrected chi connectivity index (χ3v) is 0.898. The standard InChI is InChI=1S/C4H6Br/c1-3-4(2)5/h2H,3H2,1H3. The fourth-order valence-electron chi connectivity index (χ4n) is 0. The normalized spacial score (nSPS) is 7.60. The van der Waals surface area contributed by atoms with Gasteiger partial charge < -0.3 is 0 Å². The monoisotopic (exact) mass is 133 g/mol. The first-order chi connectivity index (χ1) is 2.27. The molecule has 1 radical (unpaired) electrons. The molecule has 0 unspecified atom stereocenters. The molecule has 0 N–H and O–H groups in total. The average molecular weight is 134 g/mol. The third-order valence-electron chi connectivity index (χ3n) is 0.338. The molecule has 0 aromatic rings. The van der Waals surface area contributed by atoms with Gasteiger partial charge in [-0.3, -0.25) is 0 Å². The van der Waals surface area contributed by atoms with Crippen molar-refractivity contribution in [3.05, 3.63) is 11.1 Å². The number of hydrogen-bond acceptors (Lipinski definition) is 0. The molecule has 0 bridgehead atoms. The summed E-state index contributed by atoms with van der Waals surface area (Å²) >= 11 is 3.07. The predicted molar refractivity (Wildman–Crippen MR) is 27.0 cm³/mol. The molecular formula is C4H6Br. The van der Waals surface area contributed by atoms with Gasteiger partial charge in [0.2, 0.25) is 0 Å². The van der Waals surface area contributed by atoms with E-state index < -0.39 is 0 Å². The van der Waals surface area contributed by atoms with Crippen LogP contribution in [0.4, 0.5) is 0 Å². The van der Waals surface area contributed by atoms with Gasteiger partial charge in [0.05, 0.1) is 0 Å². The molecule has 0 aliphatic heterocycles. The minimum atomic E-state index is 0.817.